The van der Waals surface area contributed by atoms with E-state index in [1.165, 1.54) is 45.6 Å². The molecule has 0 aromatic rings. The first-order valence-electron chi connectivity index (χ1n) is 6.70. The summed E-state index contributed by atoms with van der Waals surface area (Å²) in [5.74, 6) is 0.745. The lowest BCUT2D eigenvalue weighted by Crippen LogP contribution is -2.41. The molecule has 1 saturated heterocycles. The van der Waals surface area contributed by atoms with E-state index in [1.807, 2.05) is 0 Å². The van der Waals surface area contributed by atoms with Crippen molar-refractivity contribution in [1.82, 2.24) is 15.1 Å². The molecule has 16 heavy (non-hydrogen) atoms. The molecule has 0 aromatic heterocycles. The maximum Gasteiger partial charge on any atom is 0.0217 e. The molecule has 0 spiro atoms. The van der Waals surface area contributed by atoms with Gasteiger partial charge in [0.05, 0.1) is 0 Å². The van der Waals surface area contributed by atoms with Crippen molar-refractivity contribution in [3.05, 3.63) is 0 Å². The maximum atomic E-state index is 3.66. The first-order chi connectivity index (χ1) is 7.59. The van der Waals surface area contributed by atoms with Crippen LogP contribution in [0.15, 0.2) is 0 Å². The van der Waals surface area contributed by atoms with Crippen LogP contribution in [-0.2, 0) is 0 Å². The summed E-state index contributed by atoms with van der Waals surface area (Å²) in [4.78, 5) is 4.91. The van der Waals surface area contributed by atoms with Gasteiger partial charge >= 0.3 is 0 Å². The smallest absolute Gasteiger partial charge is 0.0217 e. The normalized spacial score (nSPS) is 24.0. The Morgan fingerprint density at radius 3 is 2.75 bits per heavy atom. The third-order valence-electron chi connectivity index (χ3n) is 3.40. The van der Waals surface area contributed by atoms with E-state index in [2.05, 4.69) is 43.1 Å². The summed E-state index contributed by atoms with van der Waals surface area (Å²) in [5.41, 5.74) is 0. The highest BCUT2D eigenvalue weighted by Crippen LogP contribution is 2.08. The zero-order valence-electron chi connectivity index (χ0n) is 11.5. The van der Waals surface area contributed by atoms with Crippen LogP contribution in [0.1, 0.15) is 26.7 Å². The molecule has 1 aliphatic heterocycles. The SMILES string of the molecule is CC(C)C1CN(CCCN(C)C)CCCN1. The second kappa shape index (κ2) is 7.25. The number of rotatable bonds is 5. The number of nitrogens with zero attached hydrogens (tertiary/aromatic N) is 2. The van der Waals surface area contributed by atoms with Gasteiger partial charge in [0.15, 0.2) is 0 Å². The molecule has 0 aliphatic carbocycles. The average Bonchev–Trinajstić information content (AvgIpc) is 2.42. The van der Waals surface area contributed by atoms with Crippen LogP contribution < -0.4 is 5.32 Å². The van der Waals surface area contributed by atoms with Gasteiger partial charge in [-0.25, -0.2) is 0 Å². The third kappa shape index (κ3) is 5.28. The Morgan fingerprint density at radius 2 is 2.12 bits per heavy atom. The quantitative estimate of drug-likeness (QED) is 0.763. The van der Waals surface area contributed by atoms with Crippen molar-refractivity contribution in [2.45, 2.75) is 32.7 Å². The molecule has 1 unspecified atom stereocenters. The molecule has 0 aromatic carbocycles. The van der Waals surface area contributed by atoms with Gasteiger partial charge in [0.25, 0.3) is 0 Å². The van der Waals surface area contributed by atoms with Crippen molar-refractivity contribution in [2.24, 2.45) is 5.92 Å². The van der Waals surface area contributed by atoms with Crippen molar-refractivity contribution >= 4 is 0 Å². The van der Waals surface area contributed by atoms with Gasteiger partial charge in [0.1, 0.15) is 0 Å². The topological polar surface area (TPSA) is 18.5 Å². The molecule has 0 radical (unpaired) electrons. The molecular weight excluding hydrogens is 198 g/mol. The molecule has 0 bridgehead atoms. The molecule has 1 heterocycles. The minimum Gasteiger partial charge on any atom is -0.312 e. The summed E-state index contributed by atoms with van der Waals surface area (Å²) in [6.07, 6.45) is 2.59. The average molecular weight is 227 g/mol. The number of hydrogen-bond acceptors (Lipinski definition) is 3. The van der Waals surface area contributed by atoms with Crippen LogP contribution in [0.4, 0.5) is 0 Å². The van der Waals surface area contributed by atoms with Crippen LogP contribution in [-0.4, -0.2) is 62.7 Å². The molecule has 1 fully saturated rings. The van der Waals surface area contributed by atoms with E-state index in [1.54, 1.807) is 0 Å². The standard InChI is InChI=1S/C13H29N3/c1-12(2)13-11-16(9-5-7-14-13)10-6-8-15(3)4/h12-14H,5-11H2,1-4H3. The monoisotopic (exact) mass is 227 g/mol. The highest BCUT2D eigenvalue weighted by molar-refractivity contribution is 4.78. The van der Waals surface area contributed by atoms with Crippen molar-refractivity contribution in [1.29, 1.82) is 0 Å². The summed E-state index contributed by atoms with van der Waals surface area (Å²) in [5, 5.41) is 3.66. The van der Waals surface area contributed by atoms with Crippen LogP contribution in [0.25, 0.3) is 0 Å². The molecular formula is C13H29N3. The van der Waals surface area contributed by atoms with Crippen molar-refractivity contribution in [2.75, 3.05) is 46.8 Å². The largest absolute Gasteiger partial charge is 0.312 e. The van der Waals surface area contributed by atoms with Crippen LogP contribution in [0, 0.1) is 5.92 Å². The van der Waals surface area contributed by atoms with E-state index in [0.717, 1.165) is 5.92 Å². The minimum atomic E-state index is 0.682. The molecule has 1 atom stereocenters. The highest BCUT2D eigenvalue weighted by atomic mass is 15.2. The summed E-state index contributed by atoms with van der Waals surface area (Å²) in [6, 6.07) is 0.682. The number of nitrogens with one attached hydrogen (secondary N) is 1. The molecule has 0 amide bonds. The summed E-state index contributed by atoms with van der Waals surface area (Å²) in [7, 11) is 4.31. The molecule has 3 nitrogen and oxygen atoms in total. The Hall–Kier alpha value is -0.120. The van der Waals surface area contributed by atoms with Crippen molar-refractivity contribution in [3.8, 4) is 0 Å². The van der Waals surface area contributed by atoms with Crippen LogP contribution in [0.5, 0.6) is 0 Å². The van der Waals surface area contributed by atoms with Crippen LogP contribution >= 0.6 is 0 Å². The molecule has 1 N–H and O–H groups in total. The van der Waals surface area contributed by atoms with Gasteiger partial charge in [-0.3, -0.25) is 0 Å². The fourth-order valence-corrected chi connectivity index (χ4v) is 2.28. The lowest BCUT2D eigenvalue weighted by atomic mass is 10.0. The van der Waals surface area contributed by atoms with Gasteiger partial charge in [0, 0.05) is 12.6 Å². The van der Waals surface area contributed by atoms with Crippen LogP contribution in [0.3, 0.4) is 0 Å². The Labute approximate surface area is 101 Å². The predicted molar refractivity (Wildman–Crippen MR) is 70.9 cm³/mol. The molecule has 1 rings (SSSR count). The fourth-order valence-electron chi connectivity index (χ4n) is 2.28. The van der Waals surface area contributed by atoms with Gasteiger partial charge in [-0.15, -0.1) is 0 Å². The molecule has 0 saturated carbocycles. The van der Waals surface area contributed by atoms with Crippen molar-refractivity contribution in [3.63, 3.8) is 0 Å². The Balaban J connectivity index is 2.28. The highest BCUT2D eigenvalue weighted by Gasteiger charge is 2.19. The second-order valence-electron chi connectivity index (χ2n) is 5.62. The van der Waals surface area contributed by atoms with Gasteiger partial charge in [-0.05, 0) is 59.0 Å². The van der Waals surface area contributed by atoms with Gasteiger partial charge in [-0.1, -0.05) is 13.8 Å². The van der Waals surface area contributed by atoms with E-state index >= 15 is 0 Å². The zero-order chi connectivity index (χ0) is 12.0. The summed E-state index contributed by atoms with van der Waals surface area (Å²) in [6.45, 7) is 10.8. The zero-order valence-corrected chi connectivity index (χ0v) is 11.5. The molecule has 96 valence electrons. The second-order valence-corrected chi connectivity index (χ2v) is 5.62. The number of hydrogen-bond donors (Lipinski definition) is 1. The van der Waals surface area contributed by atoms with E-state index in [4.69, 9.17) is 0 Å². The van der Waals surface area contributed by atoms with Crippen molar-refractivity contribution < 1.29 is 0 Å². The van der Waals surface area contributed by atoms with E-state index in [9.17, 15) is 0 Å². The summed E-state index contributed by atoms with van der Waals surface area (Å²) < 4.78 is 0. The Morgan fingerprint density at radius 1 is 1.38 bits per heavy atom. The predicted octanol–water partition coefficient (Wildman–Crippen LogP) is 1.26. The fraction of sp³-hybridized carbons (Fsp3) is 1.00. The van der Waals surface area contributed by atoms with Crippen LogP contribution in [0.2, 0.25) is 0 Å². The Bertz CT molecular complexity index is 180. The molecule has 1 aliphatic rings. The van der Waals surface area contributed by atoms with Gasteiger partial charge < -0.3 is 15.1 Å². The van der Waals surface area contributed by atoms with Gasteiger partial charge in [-0.2, -0.15) is 0 Å². The third-order valence-corrected chi connectivity index (χ3v) is 3.40. The Kier molecular flexibility index (Phi) is 6.32. The van der Waals surface area contributed by atoms with E-state index < -0.39 is 0 Å². The first-order valence-corrected chi connectivity index (χ1v) is 6.70. The maximum absolute atomic E-state index is 3.66. The first kappa shape index (κ1) is 13.9. The van der Waals surface area contributed by atoms with E-state index in [-0.39, 0.29) is 0 Å². The lowest BCUT2D eigenvalue weighted by molar-refractivity contribution is 0.233. The molecule has 3 heteroatoms. The minimum absolute atomic E-state index is 0.682. The van der Waals surface area contributed by atoms with E-state index in [0.29, 0.717) is 6.04 Å². The van der Waals surface area contributed by atoms with Gasteiger partial charge in [0.2, 0.25) is 0 Å². The summed E-state index contributed by atoms with van der Waals surface area (Å²) >= 11 is 0. The lowest BCUT2D eigenvalue weighted by Gasteiger charge is -2.27.